The third-order valence-electron chi connectivity index (χ3n) is 4.99. The number of hydrogen-bond donors (Lipinski definition) is 1. The minimum atomic E-state index is -4.68. The van der Waals surface area contributed by atoms with Crippen LogP contribution in [0.1, 0.15) is 29.3 Å². The number of nitrogens with one attached hydrogen (secondary N) is 1. The van der Waals surface area contributed by atoms with Crippen LogP contribution in [0, 0.1) is 0 Å². The van der Waals surface area contributed by atoms with Gasteiger partial charge in [0, 0.05) is 11.6 Å². The monoisotopic (exact) mass is 475 g/mol. The van der Waals surface area contributed by atoms with Gasteiger partial charge in [-0.05, 0) is 49.4 Å². The lowest BCUT2D eigenvalue weighted by atomic mass is 10.2. The number of anilines is 1. The largest absolute Gasteiger partial charge is 0.497 e. The molecule has 1 heterocycles. The minimum absolute atomic E-state index is 0.144. The fourth-order valence-electron chi connectivity index (χ4n) is 3.34. The average molecular weight is 475 g/mol. The number of amides is 4. The van der Waals surface area contributed by atoms with E-state index in [1.807, 2.05) is 0 Å². The van der Waals surface area contributed by atoms with Crippen LogP contribution >= 0.6 is 0 Å². The first-order valence-electron chi connectivity index (χ1n) is 10.0. The smallest absolute Gasteiger partial charge is 0.416 e. The van der Waals surface area contributed by atoms with Gasteiger partial charge in [-0.2, -0.15) is 13.2 Å². The predicted molar refractivity (Wildman–Crippen MR) is 114 cm³/mol. The van der Waals surface area contributed by atoms with Crippen molar-refractivity contribution in [3.05, 3.63) is 71.8 Å². The number of halogens is 3. The first kappa shape index (κ1) is 24.5. The molecule has 1 unspecified atom stereocenters. The third-order valence-corrected chi connectivity index (χ3v) is 4.99. The number of hydrogen-bond acceptors (Lipinski definition) is 5. The molecule has 0 saturated carbocycles. The highest BCUT2D eigenvalue weighted by molar-refractivity contribution is 6.23. The molecule has 1 aliphatic heterocycles. The zero-order chi connectivity index (χ0) is 25.0. The van der Waals surface area contributed by atoms with Crippen molar-refractivity contribution < 1.29 is 37.1 Å². The van der Waals surface area contributed by atoms with E-state index < -0.39 is 47.8 Å². The van der Waals surface area contributed by atoms with Crippen molar-refractivity contribution in [2.45, 2.75) is 25.6 Å². The Bertz CT molecular complexity index is 1150. The number of carbonyl (C=O) groups is 4. The molecule has 1 atom stereocenters. The molecular formula is C23H20F3N3O5. The molecule has 1 N–H and O–H groups in total. The second-order valence-electron chi connectivity index (χ2n) is 7.21. The quantitative estimate of drug-likeness (QED) is 0.407. The zero-order valence-corrected chi connectivity index (χ0v) is 18.1. The molecule has 1 saturated heterocycles. The fraction of sp³-hybridized carbons (Fsp3) is 0.217. The summed E-state index contributed by atoms with van der Waals surface area (Å²) in [5.74, 6) is -2.80. The number of benzene rings is 2. The Morgan fingerprint density at radius 1 is 1.15 bits per heavy atom. The highest BCUT2D eigenvalue weighted by Gasteiger charge is 2.45. The number of methoxy groups -OCH3 is 1. The average Bonchev–Trinajstić information content (AvgIpc) is 3.10. The Morgan fingerprint density at radius 3 is 2.41 bits per heavy atom. The highest BCUT2D eigenvalue weighted by Crippen LogP contribution is 2.33. The second-order valence-corrected chi connectivity index (χ2v) is 7.21. The van der Waals surface area contributed by atoms with E-state index in [4.69, 9.17) is 4.74 Å². The predicted octanol–water partition coefficient (Wildman–Crippen LogP) is 3.10. The first-order valence-corrected chi connectivity index (χ1v) is 10.0. The zero-order valence-electron chi connectivity index (χ0n) is 18.1. The SMILES string of the molecule is CC=CC(=O)N(NC(=O)c1ccc(OC)cc1)C1CC(=O)N(c2cccc(C(F)(F)F)c2)C1=O. The number of hydrazine groups is 1. The summed E-state index contributed by atoms with van der Waals surface area (Å²) in [5, 5.41) is 0.709. The minimum Gasteiger partial charge on any atom is -0.497 e. The van der Waals surface area contributed by atoms with E-state index >= 15 is 0 Å². The first-order chi connectivity index (χ1) is 16.1. The van der Waals surface area contributed by atoms with Gasteiger partial charge in [-0.15, -0.1) is 0 Å². The van der Waals surface area contributed by atoms with Gasteiger partial charge in [-0.1, -0.05) is 12.1 Å². The van der Waals surface area contributed by atoms with Gasteiger partial charge < -0.3 is 4.74 Å². The molecule has 8 nitrogen and oxygen atoms in total. The number of ether oxygens (including phenoxy) is 1. The van der Waals surface area contributed by atoms with Crippen LogP contribution in [0.25, 0.3) is 0 Å². The van der Waals surface area contributed by atoms with Crippen LogP contribution in [0.5, 0.6) is 5.75 Å². The molecular weight excluding hydrogens is 455 g/mol. The maximum Gasteiger partial charge on any atom is 0.416 e. The Hall–Kier alpha value is -4.15. The number of allylic oxidation sites excluding steroid dienone is 1. The van der Waals surface area contributed by atoms with E-state index in [1.54, 1.807) is 0 Å². The molecule has 1 aliphatic rings. The van der Waals surface area contributed by atoms with Crippen molar-refractivity contribution >= 4 is 29.3 Å². The third kappa shape index (κ3) is 5.08. The summed E-state index contributed by atoms with van der Waals surface area (Å²) in [4.78, 5) is 51.6. The van der Waals surface area contributed by atoms with Gasteiger partial charge in [0.2, 0.25) is 5.91 Å². The van der Waals surface area contributed by atoms with E-state index in [9.17, 15) is 32.3 Å². The molecule has 11 heteroatoms. The molecule has 0 bridgehead atoms. The van der Waals surface area contributed by atoms with Crippen molar-refractivity contribution in [1.29, 1.82) is 0 Å². The van der Waals surface area contributed by atoms with Gasteiger partial charge in [-0.25, -0.2) is 9.91 Å². The lowest BCUT2D eigenvalue weighted by Crippen LogP contribution is -2.54. The van der Waals surface area contributed by atoms with Crippen LogP contribution in [0.4, 0.5) is 18.9 Å². The topological polar surface area (TPSA) is 96.0 Å². The Kier molecular flexibility index (Phi) is 7.04. The van der Waals surface area contributed by atoms with Gasteiger partial charge >= 0.3 is 6.18 Å². The van der Waals surface area contributed by atoms with Crippen molar-refractivity contribution in [2.24, 2.45) is 0 Å². The summed E-state index contributed by atoms with van der Waals surface area (Å²) in [6, 6.07) is 8.19. The number of nitrogens with zero attached hydrogens (tertiary/aromatic N) is 2. The summed E-state index contributed by atoms with van der Waals surface area (Å²) in [7, 11) is 1.45. The number of alkyl halides is 3. The van der Waals surface area contributed by atoms with Crippen LogP contribution in [-0.2, 0) is 20.6 Å². The maximum atomic E-state index is 13.1. The Balaban J connectivity index is 1.90. The molecule has 0 radical (unpaired) electrons. The summed E-state index contributed by atoms with van der Waals surface area (Å²) < 4.78 is 44.3. The van der Waals surface area contributed by atoms with E-state index in [0.29, 0.717) is 21.7 Å². The number of imide groups is 1. The molecule has 0 spiro atoms. The number of carbonyl (C=O) groups excluding carboxylic acids is 4. The van der Waals surface area contributed by atoms with E-state index in [1.165, 1.54) is 50.4 Å². The molecule has 4 amide bonds. The Labute approximate surface area is 192 Å². The molecule has 2 aromatic carbocycles. The van der Waals surface area contributed by atoms with Crippen molar-refractivity contribution in [1.82, 2.24) is 10.4 Å². The van der Waals surface area contributed by atoms with Crippen LogP contribution in [0.2, 0.25) is 0 Å². The van der Waals surface area contributed by atoms with Gasteiger partial charge in [0.15, 0.2) is 0 Å². The summed E-state index contributed by atoms with van der Waals surface area (Å²) in [6.07, 6.45) is -2.75. The van der Waals surface area contributed by atoms with Crippen LogP contribution < -0.4 is 15.1 Å². The molecule has 2 aromatic rings. The van der Waals surface area contributed by atoms with E-state index in [2.05, 4.69) is 5.43 Å². The molecule has 0 aliphatic carbocycles. The maximum absolute atomic E-state index is 13.1. The molecule has 34 heavy (non-hydrogen) atoms. The number of rotatable bonds is 5. The van der Waals surface area contributed by atoms with Gasteiger partial charge in [0.05, 0.1) is 24.8 Å². The van der Waals surface area contributed by atoms with Gasteiger partial charge in [-0.3, -0.25) is 24.6 Å². The lowest BCUT2D eigenvalue weighted by molar-refractivity contribution is -0.137. The van der Waals surface area contributed by atoms with Crippen molar-refractivity contribution in [3.8, 4) is 5.75 Å². The van der Waals surface area contributed by atoms with Crippen LogP contribution in [-0.4, -0.2) is 41.8 Å². The van der Waals surface area contributed by atoms with E-state index in [-0.39, 0.29) is 11.3 Å². The highest BCUT2D eigenvalue weighted by atomic mass is 19.4. The van der Waals surface area contributed by atoms with Crippen LogP contribution in [0.3, 0.4) is 0 Å². The van der Waals surface area contributed by atoms with Crippen LogP contribution in [0.15, 0.2) is 60.7 Å². The molecule has 0 aromatic heterocycles. The summed E-state index contributed by atoms with van der Waals surface area (Å²) in [6.45, 7) is 1.54. The summed E-state index contributed by atoms with van der Waals surface area (Å²) >= 11 is 0. The normalized spacial score (nSPS) is 16.1. The van der Waals surface area contributed by atoms with Gasteiger partial charge in [0.25, 0.3) is 17.7 Å². The molecule has 3 rings (SSSR count). The van der Waals surface area contributed by atoms with E-state index in [0.717, 1.165) is 18.2 Å². The van der Waals surface area contributed by atoms with Gasteiger partial charge in [0.1, 0.15) is 11.8 Å². The van der Waals surface area contributed by atoms with Crippen molar-refractivity contribution in [2.75, 3.05) is 12.0 Å². The summed E-state index contributed by atoms with van der Waals surface area (Å²) in [5.41, 5.74) is 1.15. The van der Waals surface area contributed by atoms with Crippen molar-refractivity contribution in [3.63, 3.8) is 0 Å². The fourth-order valence-corrected chi connectivity index (χ4v) is 3.34. The molecule has 178 valence electrons. The second kappa shape index (κ2) is 9.77. The standard InChI is InChI=1S/C23H20F3N3O5/c1-3-5-19(30)29(27-21(32)14-8-10-17(34-2)11-9-14)18-13-20(31)28(22(18)33)16-7-4-6-15(12-16)23(24,25)26/h3-12,18H,13H2,1-2H3,(H,27,32). The molecule has 1 fully saturated rings. The lowest BCUT2D eigenvalue weighted by Gasteiger charge is -2.27. The Morgan fingerprint density at radius 2 is 1.82 bits per heavy atom.